The van der Waals surface area contributed by atoms with E-state index in [9.17, 15) is 9.18 Å². The van der Waals surface area contributed by atoms with Crippen molar-refractivity contribution in [1.29, 1.82) is 0 Å². The zero-order valence-corrected chi connectivity index (χ0v) is 12.3. The van der Waals surface area contributed by atoms with Gasteiger partial charge in [-0.05, 0) is 42.8 Å². The third-order valence-corrected chi connectivity index (χ3v) is 3.23. The molecule has 2 aromatic rings. The summed E-state index contributed by atoms with van der Waals surface area (Å²) >= 11 is 3.16. The van der Waals surface area contributed by atoms with Crippen LogP contribution in [-0.4, -0.2) is 11.0 Å². The van der Waals surface area contributed by atoms with Crippen molar-refractivity contribution >= 4 is 27.6 Å². The topological polar surface area (TPSA) is 54.0 Å². The largest absolute Gasteiger partial charge is 0.331 e. The summed E-state index contributed by atoms with van der Waals surface area (Å²) in [6, 6.07) is 7.41. The Morgan fingerprint density at radius 3 is 2.65 bits per heavy atom. The Labute approximate surface area is 124 Å². The number of benzene rings is 1. The minimum Gasteiger partial charge on any atom is -0.331 e. The number of amides is 2. The first kappa shape index (κ1) is 14.5. The van der Waals surface area contributed by atoms with E-state index < -0.39 is 11.8 Å². The quantitative estimate of drug-likeness (QED) is 0.893. The molecule has 0 fully saturated rings. The van der Waals surface area contributed by atoms with Crippen molar-refractivity contribution in [3.8, 4) is 0 Å². The van der Waals surface area contributed by atoms with Crippen LogP contribution in [0.1, 0.15) is 18.5 Å². The molecule has 4 nitrogen and oxygen atoms in total. The Balaban J connectivity index is 1.99. The van der Waals surface area contributed by atoms with Gasteiger partial charge in [-0.3, -0.25) is 4.98 Å². The van der Waals surface area contributed by atoms with E-state index in [-0.39, 0.29) is 11.7 Å². The highest BCUT2D eigenvalue weighted by atomic mass is 79.9. The molecule has 2 amide bonds. The number of carbonyl (C=O) groups excluding carboxylic acids is 1. The van der Waals surface area contributed by atoms with Crippen LogP contribution in [0.2, 0.25) is 0 Å². The van der Waals surface area contributed by atoms with E-state index >= 15 is 0 Å². The fraction of sp³-hybridized carbons (Fsp3) is 0.143. The summed E-state index contributed by atoms with van der Waals surface area (Å²) in [6.45, 7) is 1.84. The molecule has 1 aromatic carbocycles. The number of urea groups is 1. The van der Waals surface area contributed by atoms with Gasteiger partial charge >= 0.3 is 6.03 Å². The van der Waals surface area contributed by atoms with Gasteiger partial charge < -0.3 is 10.6 Å². The van der Waals surface area contributed by atoms with E-state index in [4.69, 9.17) is 0 Å². The molecule has 0 unspecified atom stereocenters. The zero-order chi connectivity index (χ0) is 14.5. The lowest BCUT2D eigenvalue weighted by Gasteiger charge is -2.15. The number of pyridine rings is 1. The summed E-state index contributed by atoms with van der Waals surface area (Å²) < 4.78 is 14.2. The molecule has 0 radical (unpaired) electrons. The molecule has 2 N–H and O–H groups in total. The highest BCUT2D eigenvalue weighted by Gasteiger charge is 2.11. The van der Waals surface area contributed by atoms with E-state index in [0.717, 1.165) is 5.56 Å². The van der Waals surface area contributed by atoms with Crippen LogP contribution in [0.25, 0.3) is 0 Å². The van der Waals surface area contributed by atoms with E-state index in [2.05, 4.69) is 31.5 Å². The molecule has 0 bridgehead atoms. The summed E-state index contributed by atoms with van der Waals surface area (Å²) in [6.07, 6.45) is 3.31. The molecule has 0 saturated heterocycles. The van der Waals surface area contributed by atoms with Crippen LogP contribution in [0.15, 0.2) is 47.2 Å². The first-order valence-corrected chi connectivity index (χ1v) is 6.78. The van der Waals surface area contributed by atoms with Crippen LogP contribution in [0.4, 0.5) is 14.9 Å². The molecule has 0 spiro atoms. The average Bonchev–Trinajstić information content (AvgIpc) is 2.43. The van der Waals surface area contributed by atoms with E-state index in [0.29, 0.717) is 4.47 Å². The molecule has 2 rings (SSSR count). The lowest BCUT2D eigenvalue weighted by molar-refractivity contribution is 0.249. The number of rotatable bonds is 3. The van der Waals surface area contributed by atoms with Crippen molar-refractivity contribution in [3.05, 3.63) is 58.6 Å². The molecule has 0 saturated carbocycles. The highest BCUT2D eigenvalue weighted by Crippen LogP contribution is 2.19. The smallest absolute Gasteiger partial charge is 0.319 e. The maximum absolute atomic E-state index is 13.6. The first-order valence-electron chi connectivity index (χ1n) is 5.99. The third-order valence-electron chi connectivity index (χ3n) is 2.73. The van der Waals surface area contributed by atoms with E-state index in [1.165, 1.54) is 12.1 Å². The monoisotopic (exact) mass is 337 g/mol. The van der Waals surface area contributed by atoms with Gasteiger partial charge in [-0.15, -0.1) is 0 Å². The number of halogens is 2. The van der Waals surface area contributed by atoms with Gasteiger partial charge in [-0.2, -0.15) is 0 Å². The van der Waals surface area contributed by atoms with Gasteiger partial charge in [0.25, 0.3) is 0 Å². The fourth-order valence-electron chi connectivity index (χ4n) is 1.68. The molecule has 6 heteroatoms. The highest BCUT2D eigenvalue weighted by molar-refractivity contribution is 9.10. The average molecular weight is 338 g/mol. The fourth-order valence-corrected chi connectivity index (χ4v) is 2.01. The number of anilines is 1. The van der Waals surface area contributed by atoms with Gasteiger partial charge in [0.15, 0.2) is 0 Å². The van der Waals surface area contributed by atoms with E-state index in [1.807, 2.05) is 19.1 Å². The molecule has 20 heavy (non-hydrogen) atoms. The summed E-state index contributed by atoms with van der Waals surface area (Å²) in [5, 5.41) is 5.21. The molecule has 1 heterocycles. The molecule has 0 aliphatic rings. The van der Waals surface area contributed by atoms with Crippen LogP contribution in [0, 0.1) is 5.82 Å². The van der Waals surface area contributed by atoms with Crippen molar-refractivity contribution in [1.82, 2.24) is 10.3 Å². The number of hydrogen-bond acceptors (Lipinski definition) is 2. The Hall–Kier alpha value is -1.95. The van der Waals surface area contributed by atoms with Gasteiger partial charge in [-0.1, -0.05) is 15.9 Å². The minimum absolute atomic E-state index is 0.132. The number of nitrogens with one attached hydrogen (secondary N) is 2. The second-order valence-corrected chi connectivity index (χ2v) is 5.14. The lowest BCUT2D eigenvalue weighted by atomic mass is 10.1. The summed E-state index contributed by atoms with van der Waals surface area (Å²) in [7, 11) is 0. The van der Waals surface area contributed by atoms with Gasteiger partial charge in [0, 0.05) is 16.9 Å². The Kier molecular flexibility index (Phi) is 4.68. The molecule has 0 aliphatic carbocycles. The third kappa shape index (κ3) is 3.77. The summed E-state index contributed by atoms with van der Waals surface area (Å²) in [5.74, 6) is -0.494. The van der Waals surface area contributed by atoms with Gasteiger partial charge in [0.05, 0.1) is 11.7 Å². The predicted octanol–water partition coefficient (Wildman–Crippen LogP) is 3.87. The molecular weight excluding hydrogens is 325 g/mol. The van der Waals surface area contributed by atoms with E-state index in [1.54, 1.807) is 18.5 Å². The lowest BCUT2D eigenvalue weighted by Crippen LogP contribution is -2.31. The molecule has 104 valence electrons. The first-order chi connectivity index (χ1) is 9.56. The number of aromatic nitrogens is 1. The molecule has 0 aliphatic heterocycles. The molecule has 1 aromatic heterocycles. The van der Waals surface area contributed by atoms with Crippen LogP contribution in [-0.2, 0) is 0 Å². The van der Waals surface area contributed by atoms with Crippen LogP contribution in [0.3, 0.4) is 0 Å². The van der Waals surface area contributed by atoms with Crippen molar-refractivity contribution in [3.63, 3.8) is 0 Å². The van der Waals surface area contributed by atoms with Gasteiger partial charge in [0.2, 0.25) is 0 Å². The van der Waals surface area contributed by atoms with Crippen molar-refractivity contribution in [2.24, 2.45) is 0 Å². The van der Waals surface area contributed by atoms with Crippen molar-refractivity contribution < 1.29 is 9.18 Å². The second kappa shape index (κ2) is 6.47. The summed E-state index contributed by atoms with van der Waals surface area (Å²) in [5.41, 5.74) is 1.05. The van der Waals surface area contributed by atoms with Crippen molar-refractivity contribution in [2.75, 3.05) is 5.32 Å². The van der Waals surface area contributed by atoms with Crippen molar-refractivity contribution in [2.45, 2.75) is 13.0 Å². The van der Waals surface area contributed by atoms with Crippen LogP contribution >= 0.6 is 15.9 Å². The zero-order valence-electron chi connectivity index (χ0n) is 10.7. The maximum Gasteiger partial charge on any atom is 0.319 e. The number of hydrogen-bond donors (Lipinski definition) is 2. The second-order valence-electron chi connectivity index (χ2n) is 4.22. The van der Waals surface area contributed by atoms with Gasteiger partial charge in [-0.25, -0.2) is 9.18 Å². The summed E-state index contributed by atoms with van der Waals surface area (Å²) in [4.78, 5) is 15.7. The SMILES string of the molecule is C[C@H](NC(=O)Nc1ccc(Br)cc1F)c1ccncc1. The van der Waals surface area contributed by atoms with Gasteiger partial charge in [0.1, 0.15) is 5.82 Å². The Bertz CT molecular complexity index is 607. The standard InChI is InChI=1S/C14H13BrFN3O/c1-9(10-4-6-17-7-5-10)18-14(20)19-13-3-2-11(15)8-12(13)16/h2-9H,1H3,(H2,18,19,20)/t9-/m0/s1. The van der Waals surface area contributed by atoms with Crippen LogP contribution in [0.5, 0.6) is 0 Å². The Morgan fingerprint density at radius 1 is 1.30 bits per heavy atom. The molecule has 1 atom stereocenters. The maximum atomic E-state index is 13.6. The molecular formula is C14H13BrFN3O. The normalized spacial score (nSPS) is 11.8. The number of carbonyl (C=O) groups is 1. The minimum atomic E-state index is -0.494. The Morgan fingerprint density at radius 2 is 2.00 bits per heavy atom. The van der Waals surface area contributed by atoms with Crippen LogP contribution < -0.4 is 10.6 Å². The predicted molar refractivity (Wildman–Crippen MR) is 78.9 cm³/mol. The number of nitrogens with zero attached hydrogens (tertiary/aromatic N) is 1.